The number of anilines is 2. The molecule has 0 spiro atoms. The van der Waals surface area contributed by atoms with Crippen LogP contribution in [0.4, 0.5) is 10.8 Å². The van der Waals surface area contributed by atoms with Gasteiger partial charge in [0.2, 0.25) is 5.91 Å². The molecule has 4 aromatic rings. The van der Waals surface area contributed by atoms with E-state index in [4.69, 9.17) is 10.5 Å². The first kappa shape index (κ1) is 29.1. The van der Waals surface area contributed by atoms with Crippen LogP contribution in [-0.4, -0.2) is 46.9 Å². The second-order valence-corrected chi connectivity index (χ2v) is 11.4. The van der Waals surface area contributed by atoms with Crippen molar-refractivity contribution in [3.8, 4) is 11.1 Å². The van der Waals surface area contributed by atoms with E-state index in [-0.39, 0.29) is 18.4 Å². The first-order valence-electron chi connectivity index (χ1n) is 12.9. The molecule has 4 N–H and O–H groups in total. The molecule has 0 aliphatic carbocycles. The fourth-order valence-corrected chi connectivity index (χ4v) is 5.35. The van der Waals surface area contributed by atoms with Crippen molar-refractivity contribution in [1.29, 1.82) is 0 Å². The molecule has 2 amide bonds. The first-order chi connectivity index (χ1) is 19.2. The molecule has 8 nitrogen and oxygen atoms in total. The number of carbonyl (C=O) groups is 3. The third kappa shape index (κ3) is 7.40. The molecule has 208 valence electrons. The van der Waals surface area contributed by atoms with Crippen LogP contribution >= 0.6 is 23.1 Å². The maximum absolute atomic E-state index is 13.7. The number of thiazole rings is 1. The van der Waals surface area contributed by atoms with Gasteiger partial charge in [0, 0.05) is 16.6 Å². The van der Waals surface area contributed by atoms with E-state index >= 15 is 0 Å². The molecule has 0 aliphatic heterocycles. The van der Waals surface area contributed by atoms with Gasteiger partial charge >= 0.3 is 5.97 Å². The highest BCUT2D eigenvalue weighted by Crippen LogP contribution is 2.33. The smallest absolute Gasteiger partial charge is 0.328 e. The highest BCUT2D eigenvalue weighted by molar-refractivity contribution is 7.98. The van der Waals surface area contributed by atoms with Crippen molar-refractivity contribution in [2.24, 2.45) is 0 Å². The normalized spacial score (nSPS) is 11.8. The van der Waals surface area contributed by atoms with Gasteiger partial charge in [-0.05, 0) is 72.4 Å². The van der Waals surface area contributed by atoms with Crippen LogP contribution in [0.3, 0.4) is 0 Å². The number of hydrogen-bond acceptors (Lipinski definition) is 8. The molecule has 0 fully saturated rings. The van der Waals surface area contributed by atoms with Crippen LogP contribution in [0.1, 0.15) is 36.3 Å². The number of amides is 2. The standard InChI is InChI=1S/C30H32N4O4S2/c1-18(2)38-29(37)26(13-14-39-3)34-28(36)24-12-11-20(32-27(35)16-21-17-40-30(31)33-21)15-25(24)23-10-6-8-19-7-4-5-9-22(19)23/h4-12,15,17-18,26H,13-14,16H2,1-3H3,(H2,31,33)(H,32,35)(H,34,36)/t26-/m0/s1. The second kappa shape index (κ2) is 13.5. The zero-order valence-electron chi connectivity index (χ0n) is 22.6. The number of thioether (sulfide) groups is 1. The van der Waals surface area contributed by atoms with Gasteiger partial charge in [-0.3, -0.25) is 9.59 Å². The quantitative estimate of drug-likeness (QED) is 0.201. The lowest BCUT2D eigenvalue weighted by atomic mass is 9.93. The van der Waals surface area contributed by atoms with Crippen molar-refractivity contribution < 1.29 is 19.1 Å². The lowest BCUT2D eigenvalue weighted by Crippen LogP contribution is -2.43. The number of hydrogen-bond donors (Lipinski definition) is 3. The summed E-state index contributed by atoms with van der Waals surface area (Å²) in [5, 5.41) is 9.93. The molecule has 0 radical (unpaired) electrons. The maximum atomic E-state index is 13.7. The molecule has 1 heterocycles. The van der Waals surface area contributed by atoms with E-state index in [0.29, 0.717) is 39.8 Å². The molecule has 10 heteroatoms. The molecule has 0 saturated carbocycles. The van der Waals surface area contributed by atoms with E-state index in [1.165, 1.54) is 11.3 Å². The van der Waals surface area contributed by atoms with Gasteiger partial charge in [0.05, 0.1) is 18.2 Å². The Morgan fingerprint density at radius 2 is 1.82 bits per heavy atom. The largest absolute Gasteiger partial charge is 0.461 e. The fraction of sp³-hybridized carbons (Fsp3) is 0.267. The molecule has 0 saturated heterocycles. The van der Waals surface area contributed by atoms with Crippen LogP contribution < -0.4 is 16.4 Å². The lowest BCUT2D eigenvalue weighted by Gasteiger charge is -2.20. The summed E-state index contributed by atoms with van der Waals surface area (Å²) in [6, 6.07) is 18.1. The average molecular weight is 577 g/mol. The van der Waals surface area contributed by atoms with Gasteiger partial charge in [0.15, 0.2) is 5.13 Å². The molecule has 40 heavy (non-hydrogen) atoms. The third-order valence-electron chi connectivity index (χ3n) is 6.09. The van der Waals surface area contributed by atoms with Crippen molar-refractivity contribution in [1.82, 2.24) is 10.3 Å². The van der Waals surface area contributed by atoms with E-state index in [1.54, 1.807) is 49.2 Å². The minimum absolute atomic E-state index is 0.0780. The maximum Gasteiger partial charge on any atom is 0.328 e. The zero-order valence-corrected chi connectivity index (χ0v) is 24.2. The predicted molar refractivity (Wildman–Crippen MR) is 164 cm³/mol. The number of fused-ring (bicyclic) bond motifs is 1. The SMILES string of the molecule is CSCC[C@H](NC(=O)c1ccc(NC(=O)Cc2csc(N)n2)cc1-c1cccc2ccccc12)C(=O)OC(C)C. The van der Waals surface area contributed by atoms with Crippen LogP contribution in [0.25, 0.3) is 21.9 Å². The van der Waals surface area contributed by atoms with Gasteiger partial charge in [0.1, 0.15) is 6.04 Å². The summed E-state index contributed by atoms with van der Waals surface area (Å²) in [6.07, 6.45) is 2.17. The number of nitrogens with one attached hydrogen (secondary N) is 2. The highest BCUT2D eigenvalue weighted by Gasteiger charge is 2.25. The topological polar surface area (TPSA) is 123 Å². The number of benzene rings is 3. The number of esters is 1. The Bertz CT molecular complexity index is 1510. The summed E-state index contributed by atoms with van der Waals surface area (Å²) >= 11 is 2.87. The highest BCUT2D eigenvalue weighted by atomic mass is 32.2. The molecule has 0 bridgehead atoms. The van der Waals surface area contributed by atoms with Crippen LogP contribution in [0.5, 0.6) is 0 Å². The Balaban J connectivity index is 1.69. The Hall–Kier alpha value is -3.89. The molecule has 1 atom stereocenters. The summed E-state index contributed by atoms with van der Waals surface area (Å²) < 4.78 is 5.41. The van der Waals surface area contributed by atoms with Crippen molar-refractivity contribution in [3.63, 3.8) is 0 Å². The molecule has 1 aromatic heterocycles. The zero-order chi connectivity index (χ0) is 28.6. The molecular formula is C30H32N4O4S2. The lowest BCUT2D eigenvalue weighted by molar-refractivity contribution is -0.149. The van der Waals surface area contributed by atoms with Crippen molar-refractivity contribution in [2.45, 2.75) is 38.8 Å². The molecule has 3 aromatic carbocycles. The van der Waals surface area contributed by atoms with E-state index in [1.807, 2.05) is 48.7 Å². The molecule has 0 unspecified atom stereocenters. The van der Waals surface area contributed by atoms with Gasteiger partial charge in [-0.15, -0.1) is 11.3 Å². The number of nitrogens with two attached hydrogens (primary N) is 1. The number of nitrogens with zero attached hydrogens (tertiary/aromatic N) is 1. The predicted octanol–water partition coefficient (Wildman–Crippen LogP) is 5.53. The average Bonchev–Trinajstić information content (AvgIpc) is 3.34. The third-order valence-corrected chi connectivity index (χ3v) is 7.46. The number of rotatable bonds is 11. The van der Waals surface area contributed by atoms with Crippen molar-refractivity contribution in [3.05, 3.63) is 77.3 Å². The number of ether oxygens (including phenoxy) is 1. The monoisotopic (exact) mass is 576 g/mol. The number of nitrogen functional groups attached to an aromatic ring is 1. The Morgan fingerprint density at radius 1 is 1.05 bits per heavy atom. The van der Waals surface area contributed by atoms with Crippen LogP contribution in [0.15, 0.2) is 66.0 Å². The number of aromatic nitrogens is 1. The van der Waals surface area contributed by atoms with Crippen LogP contribution in [0, 0.1) is 0 Å². The van der Waals surface area contributed by atoms with Crippen molar-refractivity contribution >= 4 is 62.5 Å². The van der Waals surface area contributed by atoms with Crippen molar-refractivity contribution in [2.75, 3.05) is 23.1 Å². The fourth-order valence-electron chi connectivity index (χ4n) is 4.31. The minimum Gasteiger partial charge on any atom is -0.461 e. The number of carbonyl (C=O) groups excluding carboxylic acids is 3. The Kier molecular flexibility index (Phi) is 9.79. The van der Waals surface area contributed by atoms with Gasteiger partial charge in [-0.1, -0.05) is 42.5 Å². The summed E-state index contributed by atoms with van der Waals surface area (Å²) in [7, 11) is 0. The Morgan fingerprint density at radius 3 is 2.55 bits per heavy atom. The minimum atomic E-state index is -0.785. The first-order valence-corrected chi connectivity index (χ1v) is 15.1. The van der Waals surface area contributed by atoms with Gasteiger partial charge in [-0.2, -0.15) is 11.8 Å². The second-order valence-electron chi connectivity index (χ2n) is 9.48. The summed E-state index contributed by atoms with van der Waals surface area (Å²) in [5.41, 5.74) is 8.66. The summed E-state index contributed by atoms with van der Waals surface area (Å²) in [5.74, 6) is -0.426. The Labute approximate surface area is 241 Å². The van der Waals surface area contributed by atoms with Crippen LogP contribution in [0.2, 0.25) is 0 Å². The summed E-state index contributed by atoms with van der Waals surface area (Å²) in [6.45, 7) is 3.56. The molecular weight excluding hydrogens is 544 g/mol. The molecule has 0 aliphatic rings. The van der Waals surface area contributed by atoms with E-state index in [2.05, 4.69) is 15.6 Å². The van der Waals surface area contributed by atoms with Gasteiger partial charge < -0.3 is 21.1 Å². The van der Waals surface area contributed by atoms with Gasteiger partial charge in [0.25, 0.3) is 5.91 Å². The summed E-state index contributed by atoms with van der Waals surface area (Å²) in [4.78, 5) is 43.4. The van der Waals surface area contributed by atoms with Crippen LogP contribution in [-0.2, 0) is 20.7 Å². The van der Waals surface area contributed by atoms with Gasteiger partial charge in [-0.25, -0.2) is 9.78 Å². The molecule has 4 rings (SSSR count). The van der Waals surface area contributed by atoms with E-state index in [0.717, 1.165) is 16.3 Å². The van der Waals surface area contributed by atoms with E-state index < -0.39 is 17.9 Å². The van der Waals surface area contributed by atoms with E-state index in [9.17, 15) is 14.4 Å².